The van der Waals surface area contributed by atoms with E-state index in [4.69, 9.17) is 0 Å². The maximum atomic E-state index is 11.7. The van der Waals surface area contributed by atoms with E-state index in [1.165, 1.54) is 11.3 Å². The van der Waals surface area contributed by atoms with Crippen molar-refractivity contribution in [1.82, 2.24) is 10.2 Å². The van der Waals surface area contributed by atoms with Gasteiger partial charge in [0.25, 0.3) is 0 Å². The predicted molar refractivity (Wildman–Crippen MR) is 73.1 cm³/mol. The number of carbonyl (C=O) groups excluding carboxylic acids is 2. The van der Waals surface area contributed by atoms with Gasteiger partial charge >= 0.3 is 11.8 Å². The van der Waals surface area contributed by atoms with Crippen molar-refractivity contribution in [3.8, 4) is 0 Å². The summed E-state index contributed by atoms with van der Waals surface area (Å²) in [6.45, 7) is 3.61. The van der Waals surface area contributed by atoms with Gasteiger partial charge in [0.05, 0.1) is 0 Å². The molecule has 0 aliphatic carbocycles. The molecule has 0 aliphatic heterocycles. The molecule has 1 aromatic heterocycles. The molecular formula is C12H12N4O2S. The lowest BCUT2D eigenvalue weighted by atomic mass is 10.2. The average molecular weight is 276 g/mol. The number of para-hydroxylation sites is 1. The Bertz CT molecular complexity index is 624. The fraction of sp³-hybridized carbons (Fsp3) is 0.167. The van der Waals surface area contributed by atoms with E-state index in [1.807, 2.05) is 19.1 Å². The van der Waals surface area contributed by atoms with Crippen molar-refractivity contribution in [3.63, 3.8) is 0 Å². The first-order valence-corrected chi connectivity index (χ1v) is 6.36. The molecule has 1 aromatic carbocycles. The number of carbonyl (C=O) groups is 2. The summed E-state index contributed by atoms with van der Waals surface area (Å²) < 4.78 is 0. The second-order valence-electron chi connectivity index (χ2n) is 3.85. The monoisotopic (exact) mass is 276 g/mol. The summed E-state index contributed by atoms with van der Waals surface area (Å²) in [7, 11) is 0. The molecule has 6 nitrogen and oxygen atoms in total. The molecule has 0 aliphatic rings. The van der Waals surface area contributed by atoms with Crippen molar-refractivity contribution < 1.29 is 9.59 Å². The highest BCUT2D eigenvalue weighted by molar-refractivity contribution is 7.15. The van der Waals surface area contributed by atoms with Gasteiger partial charge in [-0.05, 0) is 25.5 Å². The normalized spacial score (nSPS) is 10.0. The van der Waals surface area contributed by atoms with Crippen LogP contribution in [0.2, 0.25) is 0 Å². The van der Waals surface area contributed by atoms with Gasteiger partial charge < -0.3 is 5.32 Å². The van der Waals surface area contributed by atoms with E-state index in [1.54, 1.807) is 19.1 Å². The van der Waals surface area contributed by atoms with Gasteiger partial charge in [-0.25, -0.2) is 0 Å². The Balaban J connectivity index is 2.00. The summed E-state index contributed by atoms with van der Waals surface area (Å²) >= 11 is 1.21. The fourth-order valence-corrected chi connectivity index (χ4v) is 1.98. The lowest BCUT2D eigenvalue weighted by molar-refractivity contribution is -0.133. The largest absolute Gasteiger partial charge is 0.318 e. The smallest absolute Gasteiger partial charge is 0.315 e. The van der Waals surface area contributed by atoms with Crippen molar-refractivity contribution >= 4 is 34.0 Å². The molecule has 2 rings (SSSR count). The molecule has 0 bridgehead atoms. The molecule has 0 atom stereocenters. The number of anilines is 2. The molecule has 0 radical (unpaired) electrons. The van der Waals surface area contributed by atoms with Crippen molar-refractivity contribution in [2.45, 2.75) is 13.8 Å². The topological polar surface area (TPSA) is 84.0 Å². The van der Waals surface area contributed by atoms with E-state index in [2.05, 4.69) is 20.8 Å². The number of hydrogen-bond acceptors (Lipinski definition) is 5. The number of rotatable bonds is 2. The number of benzene rings is 1. The summed E-state index contributed by atoms with van der Waals surface area (Å²) in [5, 5.41) is 13.4. The van der Waals surface area contributed by atoms with Crippen LogP contribution >= 0.6 is 11.3 Å². The highest BCUT2D eigenvalue weighted by Crippen LogP contribution is 2.15. The third-order valence-corrected chi connectivity index (χ3v) is 3.10. The second kappa shape index (κ2) is 5.57. The number of aromatic nitrogens is 2. The number of nitrogens with zero attached hydrogens (tertiary/aromatic N) is 2. The summed E-state index contributed by atoms with van der Waals surface area (Å²) in [5.41, 5.74) is 1.49. The third-order valence-electron chi connectivity index (χ3n) is 2.35. The Morgan fingerprint density at radius 2 is 1.74 bits per heavy atom. The van der Waals surface area contributed by atoms with E-state index in [0.29, 0.717) is 10.8 Å². The number of aryl methyl sites for hydroxylation is 2. The van der Waals surface area contributed by atoms with Crippen LogP contribution in [0.5, 0.6) is 0 Å². The number of nitrogens with one attached hydrogen (secondary N) is 2. The van der Waals surface area contributed by atoms with Crippen LogP contribution in [0.1, 0.15) is 10.6 Å². The zero-order chi connectivity index (χ0) is 13.8. The van der Waals surface area contributed by atoms with Gasteiger partial charge in [0.2, 0.25) is 5.13 Å². The minimum absolute atomic E-state index is 0.308. The first-order chi connectivity index (χ1) is 9.06. The Hall–Kier alpha value is -2.28. The Labute approximate surface area is 113 Å². The standard InChI is InChI=1S/C12H12N4O2S/c1-7-5-3-4-6-9(7)13-10(17)11(18)14-12-16-15-8(2)19-12/h3-6H,1-2H3,(H,13,17)(H,14,16,18). The van der Waals surface area contributed by atoms with E-state index in [-0.39, 0.29) is 0 Å². The molecule has 2 N–H and O–H groups in total. The lowest BCUT2D eigenvalue weighted by Crippen LogP contribution is -2.29. The third kappa shape index (κ3) is 3.35. The molecule has 0 saturated carbocycles. The molecule has 19 heavy (non-hydrogen) atoms. The van der Waals surface area contributed by atoms with Gasteiger partial charge in [-0.15, -0.1) is 10.2 Å². The molecule has 0 fully saturated rings. The van der Waals surface area contributed by atoms with Gasteiger partial charge in [0, 0.05) is 5.69 Å². The van der Waals surface area contributed by atoms with Gasteiger partial charge in [0.1, 0.15) is 5.01 Å². The van der Waals surface area contributed by atoms with E-state index in [0.717, 1.165) is 10.6 Å². The SMILES string of the molecule is Cc1nnc(NC(=O)C(=O)Nc2ccccc2C)s1. The van der Waals surface area contributed by atoms with Crippen LogP contribution in [0.15, 0.2) is 24.3 Å². The quantitative estimate of drug-likeness (QED) is 0.818. The molecular weight excluding hydrogens is 264 g/mol. The van der Waals surface area contributed by atoms with E-state index < -0.39 is 11.8 Å². The van der Waals surface area contributed by atoms with E-state index in [9.17, 15) is 9.59 Å². The fourth-order valence-electron chi connectivity index (χ4n) is 1.39. The predicted octanol–water partition coefficient (Wildman–Crippen LogP) is 1.73. The first kappa shape index (κ1) is 13.2. The van der Waals surface area contributed by atoms with Crippen molar-refractivity contribution in [2.75, 3.05) is 10.6 Å². The zero-order valence-electron chi connectivity index (χ0n) is 10.4. The molecule has 98 valence electrons. The average Bonchev–Trinajstić information content (AvgIpc) is 2.77. The Kier molecular flexibility index (Phi) is 3.86. The maximum Gasteiger partial charge on any atom is 0.315 e. The zero-order valence-corrected chi connectivity index (χ0v) is 11.2. The maximum absolute atomic E-state index is 11.7. The molecule has 1 heterocycles. The Morgan fingerprint density at radius 3 is 2.37 bits per heavy atom. The molecule has 2 amide bonds. The van der Waals surface area contributed by atoms with Crippen LogP contribution in [0.25, 0.3) is 0 Å². The van der Waals surface area contributed by atoms with Crippen LogP contribution < -0.4 is 10.6 Å². The minimum atomic E-state index is -0.764. The Morgan fingerprint density at radius 1 is 1.05 bits per heavy atom. The van der Waals surface area contributed by atoms with Crippen molar-refractivity contribution in [1.29, 1.82) is 0 Å². The van der Waals surface area contributed by atoms with E-state index >= 15 is 0 Å². The van der Waals surface area contributed by atoms with Crippen LogP contribution in [0.4, 0.5) is 10.8 Å². The molecule has 7 heteroatoms. The molecule has 0 saturated heterocycles. The minimum Gasteiger partial charge on any atom is -0.318 e. The summed E-state index contributed by atoms with van der Waals surface area (Å²) in [6, 6.07) is 7.22. The van der Waals surface area contributed by atoms with Gasteiger partial charge in [-0.3, -0.25) is 14.9 Å². The van der Waals surface area contributed by atoms with Crippen molar-refractivity contribution in [3.05, 3.63) is 34.8 Å². The van der Waals surface area contributed by atoms with Crippen LogP contribution in [-0.2, 0) is 9.59 Å². The second-order valence-corrected chi connectivity index (χ2v) is 5.03. The summed E-state index contributed by atoms with van der Waals surface area (Å²) in [4.78, 5) is 23.4. The number of hydrogen-bond donors (Lipinski definition) is 2. The van der Waals surface area contributed by atoms with Crippen LogP contribution in [0.3, 0.4) is 0 Å². The number of amides is 2. The van der Waals surface area contributed by atoms with Gasteiger partial charge in [0.15, 0.2) is 0 Å². The molecule has 2 aromatic rings. The van der Waals surface area contributed by atoms with Crippen molar-refractivity contribution in [2.24, 2.45) is 0 Å². The lowest BCUT2D eigenvalue weighted by Gasteiger charge is -2.06. The van der Waals surface area contributed by atoms with Gasteiger partial charge in [-0.1, -0.05) is 29.5 Å². The molecule has 0 unspecified atom stereocenters. The highest BCUT2D eigenvalue weighted by Gasteiger charge is 2.16. The summed E-state index contributed by atoms with van der Waals surface area (Å²) in [5.74, 6) is -1.50. The molecule has 0 spiro atoms. The van der Waals surface area contributed by atoms with Crippen LogP contribution in [0, 0.1) is 13.8 Å². The first-order valence-electron chi connectivity index (χ1n) is 5.54. The van der Waals surface area contributed by atoms with Crippen LogP contribution in [-0.4, -0.2) is 22.0 Å². The highest BCUT2D eigenvalue weighted by atomic mass is 32.1. The summed E-state index contributed by atoms with van der Waals surface area (Å²) in [6.07, 6.45) is 0. The van der Waals surface area contributed by atoms with Gasteiger partial charge in [-0.2, -0.15) is 0 Å².